The molecule has 3 rings (SSSR count). The van der Waals surface area contributed by atoms with Crippen LogP contribution >= 0.6 is 0 Å². The van der Waals surface area contributed by atoms with Crippen molar-refractivity contribution in [3.05, 3.63) is 48.0 Å². The number of fused-ring (bicyclic) bond motifs is 2. The second-order valence-corrected chi connectivity index (χ2v) is 7.78. The lowest BCUT2D eigenvalue weighted by molar-refractivity contribution is -0.152. The summed E-state index contributed by atoms with van der Waals surface area (Å²) in [5, 5.41) is 0. The Kier molecular flexibility index (Phi) is 4.58. The molecule has 0 aromatic heterocycles. The number of likely N-dealkylation sites (tertiary alicyclic amines) is 1. The molecule has 1 saturated carbocycles. The van der Waals surface area contributed by atoms with Crippen LogP contribution < -0.4 is 0 Å². The minimum atomic E-state index is -0.634. The van der Waals surface area contributed by atoms with Gasteiger partial charge in [-0.2, -0.15) is 0 Å². The van der Waals surface area contributed by atoms with Crippen LogP contribution in [-0.2, 0) is 20.9 Å². The fourth-order valence-corrected chi connectivity index (χ4v) is 3.65. The Balaban J connectivity index is 1.73. The molecule has 0 radical (unpaired) electrons. The van der Waals surface area contributed by atoms with Crippen LogP contribution in [0.25, 0.3) is 0 Å². The number of rotatable bonds is 3. The first-order chi connectivity index (χ1) is 11.8. The third-order valence-corrected chi connectivity index (χ3v) is 4.69. The summed E-state index contributed by atoms with van der Waals surface area (Å²) in [5.41, 5.74) is 1.34. The summed E-state index contributed by atoms with van der Waals surface area (Å²) < 4.78 is 11.0. The van der Waals surface area contributed by atoms with E-state index < -0.39 is 17.7 Å². The summed E-state index contributed by atoms with van der Waals surface area (Å²) in [6, 6.07) is 8.85. The largest absolute Gasteiger partial charge is 0.459 e. The average Bonchev–Trinajstić information content (AvgIpc) is 3.08. The molecular weight excluding hydrogens is 318 g/mol. The number of hydrogen-bond donors (Lipinski definition) is 0. The van der Waals surface area contributed by atoms with Crippen molar-refractivity contribution in [1.82, 2.24) is 4.90 Å². The van der Waals surface area contributed by atoms with Crippen LogP contribution in [0.15, 0.2) is 42.5 Å². The van der Waals surface area contributed by atoms with E-state index in [4.69, 9.17) is 9.47 Å². The summed E-state index contributed by atoms with van der Waals surface area (Å²) in [6.45, 7) is 9.73. The molecule has 2 aliphatic rings. The topological polar surface area (TPSA) is 55.8 Å². The van der Waals surface area contributed by atoms with Crippen molar-refractivity contribution in [3.63, 3.8) is 0 Å². The molecule has 1 unspecified atom stereocenters. The van der Waals surface area contributed by atoms with Gasteiger partial charge in [0.1, 0.15) is 18.2 Å². The molecule has 1 aromatic carbocycles. The zero-order valence-corrected chi connectivity index (χ0v) is 15.0. The Morgan fingerprint density at radius 2 is 1.92 bits per heavy atom. The zero-order valence-electron chi connectivity index (χ0n) is 15.0. The molecule has 5 heteroatoms. The molecule has 5 nitrogen and oxygen atoms in total. The van der Waals surface area contributed by atoms with Gasteiger partial charge in [0, 0.05) is 12.0 Å². The number of benzene rings is 1. The van der Waals surface area contributed by atoms with Gasteiger partial charge in [0.15, 0.2) is 0 Å². The van der Waals surface area contributed by atoms with E-state index in [9.17, 15) is 9.59 Å². The molecule has 134 valence electrons. The fraction of sp³-hybridized carbons (Fsp3) is 0.500. The number of piperidine rings is 1. The Bertz CT molecular complexity index is 677. The monoisotopic (exact) mass is 343 g/mol. The predicted molar refractivity (Wildman–Crippen MR) is 93.8 cm³/mol. The first kappa shape index (κ1) is 17.5. The van der Waals surface area contributed by atoms with Crippen LogP contribution in [-0.4, -0.2) is 34.6 Å². The first-order valence-corrected chi connectivity index (χ1v) is 8.66. The highest BCUT2D eigenvalue weighted by atomic mass is 16.6. The molecule has 1 aliphatic heterocycles. The van der Waals surface area contributed by atoms with Gasteiger partial charge in [-0.25, -0.2) is 9.59 Å². The van der Waals surface area contributed by atoms with E-state index in [0.29, 0.717) is 0 Å². The van der Waals surface area contributed by atoms with E-state index in [1.807, 2.05) is 51.1 Å². The lowest BCUT2D eigenvalue weighted by atomic mass is 9.94. The second kappa shape index (κ2) is 6.54. The Morgan fingerprint density at radius 1 is 1.24 bits per heavy atom. The molecule has 1 aliphatic carbocycles. The molecule has 25 heavy (non-hydrogen) atoms. The molecular formula is C20H25NO4. The van der Waals surface area contributed by atoms with Crippen molar-refractivity contribution in [1.29, 1.82) is 0 Å². The highest BCUT2D eigenvalue weighted by molar-refractivity contribution is 5.84. The number of ether oxygens (including phenoxy) is 2. The van der Waals surface area contributed by atoms with E-state index in [2.05, 4.69) is 6.58 Å². The van der Waals surface area contributed by atoms with Crippen molar-refractivity contribution in [2.75, 3.05) is 0 Å². The minimum Gasteiger partial charge on any atom is -0.459 e. The van der Waals surface area contributed by atoms with E-state index in [1.54, 1.807) is 4.90 Å². The van der Waals surface area contributed by atoms with Crippen molar-refractivity contribution < 1.29 is 19.1 Å². The van der Waals surface area contributed by atoms with E-state index in [0.717, 1.165) is 24.0 Å². The Labute approximate surface area is 148 Å². The third-order valence-electron chi connectivity index (χ3n) is 4.69. The Morgan fingerprint density at radius 3 is 2.56 bits per heavy atom. The Hall–Kier alpha value is -2.30. The second-order valence-electron chi connectivity index (χ2n) is 7.78. The van der Waals surface area contributed by atoms with Crippen LogP contribution in [0, 0.1) is 5.92 Å². The van der Waals surface area contributed by atoms with Gasteiger partial charge in [0.2, 0.25) is 0 Å². The van der Waals surface area contributed by atoms with Gasteiger partial charge < -0.3 is 9.47 Å². The van der Waals surface area contributed by atoms with Crippen LogP contribution in [0.3, 0.4) is 0 Å². The van der Waals surface area contributed by atoms with Gasteiger partial charge in [0.25, 0.3) is 0 Å². The summed E-state index contributed by atoms with van der Waals surface area (Å²) >= 11 is 0. The minimum absolute atomic E-state index is 0.0263. The van der Waals surface area contributed by atoms with E-state index >= 15 is 0 Å². The van der Waals surface area contributed by atoms with Gasteiger partial charge in [-0.1, -0.05) is 42.5 Å². The summed E-state index contributed by atoms with van der Waals surface area (Å²) in [6.07, 6.45) is 1.03. The number of carbonyl (C=O) groups excluding carboxylic acids is 2. The van der Waals surface area contributed by atoms with Gasteiger partial charge in [0.05, 0.1) is 0 Å². The zero-order chi connectivity index (χ0) is 18.2. The van der Waals surface area contributed by atoms with Gasteiger partial charge in [-0.05, 0) is 39.2 Å². The smallest absolute Gasteiger partial charge is 0.411 e. The highest BCUT2D eigenvalue weighted by Crippen LogP contribution is 2.46. The molecule has 0 spiro atoms. The van der Waals surface area contributed by atoms with Gasteiger partial charge in [-0.3, -0.25) is 4.90 Å². The SMILES string of the molecule is C=C1CC2C[C@H]1[C@@H](C(=O)OCc1ccccc1)N2C(=O)OC(C)(C)C. The summed E-state index contributed by atoms with van der Waals surface area (Å²) in [7, 11) is 0. The highest BCUT2D eigenvalue weighted by Gasteiger charge is 2.54. The van der Waals surface area contributed by atoms with E-state index in [1.165, 1.54) is 0 Å². The summed E-state index contributed by atoms with van der Waals surface area (Å²) in [4.78, 5) is 26.9. The maximum absolute atomic E-state index is 12.7. The molecule has 3 atom stereocenters. The number of carbonyl (C=O) groups is 2. The quantitative estimate of drug-likeness (QED) is 0.620. The predicted octanol–water partition coefficient (Wildman–Crippen LogP) is 3.68. The molecule has 1 amide bonds. The van der Waals surface area contributed by atoms with Gasteiger partial charge >= 0.3 is 12.1 Å². The maximum atomic E-state index is 12.7. The van der Waals surface area contributed by atoms with Crippen molar-refractivity contribution in [2.24, 2.45) is 5.92 Å². The molecule has 2 fully saturated rings. The summed E-state index contributed by atoms with van der Waals surface area (Å²) in [5.74, 6) is -0.427. The molecule has 1 heterocycles. The standard InChI is InChI=1S/C20H25NO4/c1-13-10-15-11-16(13)17(21(15)19(23)25-20(2,3)4)18(22)24-12-14-8-6-5-7-9-14/h5-9,15-17H,1,10-12H2,2-4H3/t15?,16-,17+/m1/s1. The van der Waals surface area contributed by atoms with Crippen LogP contribution in [0.2, 0.25) is 0 Å². The first-order valence-electron chi connectivity index (χ1n) is 8.66. The average molecular weight is 343 g/mol. The lowest BCUT2D eigenvalue weighted by Crippen LogP contribution is -2.51. The number of nitrogens with zero attached hydrogens (tertiary/aromatic N) is 1. The van der Waals surface area contributed by atoms with Gasteiger partial charge in [-0.15, -0.1) is 0 Å². The maximum Gasteiger partial charge on any atom is 0.411 e. The molecule has 1 aromatic rings. The van der Waals surface area contributed by atoms with Crippen LogP contribution in [0.5, 0.6) is 0 Å². The van der Waals surface area contributed by atoms with Crippen molar-refractivity contribution >= 4 is 12.1 Å². The lowest BCUT2D eigenvalue weighted by Gasteiger charge is -2.35. The van der Waals surface area contributed by atoms with Crippen molar-refractivity contribution in [2.45, 2.75) is 57.9 Å². The van der Waals surface area contributed by atoms with Crippen LogP contribution in [0.1, 0.15) is 39.2 Å². The number of hydrogen-bond acceptors (Lipinski definition) is 4. The normalized spacial score (nSPS) is 25.2. The molecule has 1 saturated heterocycles. The third kappa shape index (κ3) is 3.70. The molecule has 0 N–H and O–H groups in total. The van der Waals surface area contributed by atoms with Crippen molar-refractivity contribution in [3.8, 4) is 0 Å². The molecule has 2 bridgehead atoms. The van der Waals surface area contributed by atoms with Crippen LogP contribution in [0.4, 0.5) is 4.79 Å². The fourth-order valence-electron chi connectivity index (χ4n) is 3.65. The number of amides is 1. The number of esters is 1. The van der Waals surface area contributed by atoms with E-state index in [-0.39, 0.29) is 24.5 Å².